The van der Waals surface area contributed by atoms with Crippen molar-refractivity contribution < 1.29 is 14.6 Å². The first-order valence-electron chi connectivity index (χ1n) is 5.95. The number of aliphatic hydroxyl groups is 1. The Hall–Kier alpha value is -1.26. The van der Waals surface area contributed by atoms with Crippen LogP contribution >= 0.6 is 11.6 Å². The third kappa shape index (κ3) is 4.94. The Balaban J connectivity index is 2.29. The first-order chi connectivity index (χ1) is 8.67. The number of hydrogen-bond donors (Lipinski definition) is 2. The van der Waals surface area contributed by atoms with Gasteiger partial charge in [-0.25, -0.2) is 0 Å². The molecule has 0 heterocycles. The van der Waals surface area contributed by atoms with E-state index in [-0.39, 0.29) is 31.6 Å². The SMILES string of the molecule is CC[C@@H](CO)NC(=O)CCOc1ccccc1Cl. The molecule has 0 aliphatic rings. The number of carbonyl (C=O) groups excluding carboxylic acids is 1. The molecule has 0 saturated carbocycles. The molecule has 0 unspecified atom stereocenters. The van der Waals surface area contributed by atoms with Gasteiger partial charge in [0, 0.05) is 0 Å². The number of benzene rings is 1. The largest absolute Gasteiger partial charge is 0.491 e. The van der Waals surface area contributed by atoms with Gasteiger partial charge in [-0.05, 0) is 18.6 Å². The Kier molecular flexibility index (Phi) is 6.54. The van der Waals surface area contributed by atoms with Crippen LogP contribution in [0.1, 0.15) is 19.8 Å². The van der Waals surface area contributed by atoms with Crippen molar-refractivity contribution in [2.75, 3.05) is 13.2 Å². The molecule has 0 spiro atoms. The summed E-state index contributed by atoms with van der Waals surface area (Å²) in [6.07, 6.45) is 0.940. The number of nitrogens with one attached hydrogen (secondary N) is 1. The van der Waals surface area contributed by atoms with Crippen molar-refractivity contribution in [3.8, 4) is 5.75 Å². The minimum atomic E-state index is -0.183. The fourth-order valence-corrected chi connectivity index (χ4v) is 1.58. The predicted molar refractivity (Wildman–Crippen MR) is 70.9 cm³/mol. The fraction of sp³-hybridized carbons (Fsp3) is 0.462. The summed E-state index contributed by atoms with van der Waals surface area (Å²) in [7, 11) is 0. The van der Waals surface area contributed by atoms with Crippen molar-refractivity contribution in [1.82, 2.24) is 5.32 Å². The van der Waals surface area contributed by atoms with Gasteiger partial charge in [0.05, 0.1) is 30.7 Å². The summed E-state index contributed by atoms with van der Waals surface area (Å²) >= 11 is 5.91. The molecule has 0 aliphatic heterocycles. The molecular weight excluding hydrogens is 254 g/mol. The van der Waals surface area contributed by atoms with Gasteiger partial charge in [0.2, 0.25) is 5.91 Å². The van der Waals surface area contributed by atoms with Crippen LogP contribution < -0.4 is 10.1 Å². The summed E-state index contributed by atoms with van der Waals surface area (Å²) in [5, 5.41) is 12.2. The summed E-state index contributed by atoms with van der Waals surface area (Å²) < 4.78 is 5.40. The van der Waals surface area contributed by atoms with E-state index in [2.05, 4.69) is 5.32 Å². The summed E-state index contributed by atoms with van der Waals surface area (Å²) in [6.45, 7) is 2.12. The first kappa shape index (κ1) is 14.8. The number of halogens is 1. The van der Waals surface area contributed by atoms with E-state index < -0.39 is 0 Å². The van der Waals surface area contributed by atoms with Crippen molar-refractivity contribution in [2.24, 2.45) is 0 Å². The van der Waals surface area contributed by atoms with E-state index >= 15 is 0 Å². The third-order valence-electron chi connectivity index (χ3n) is 2.50. The number of rotatable bonds is 7. The minimum absolute atomic E-state index is 0.0480. The average Bonchev–Trinajstić information content (AvgIpc) is 2.38. The monoisotopic (exact) mass is 271 g/mol. The van der Waals surface area contributed by atoms with Gasteiger partial charge in [-0.2, -0.15) is 0 Å². The topological polar surface area (TPSA) is 58.6 Å². The van der Waals surface area contributed by atoms with Crippen LogP contribution in [0.5, 0.6) is 5.75 Å². The lowest BCUT2D eigenvalue weighted by atomic mass is 10.2. The van der Waals surface area contributed by atoms with Crippen molar-refractivity contribution in [3.63, 3.8) is 0 Å². The maximum absolute atomic E-state index is 11.5. The number of carbonyl (C=O) groups is 1. The quantitative estimate of drug-likeness (QED) is 0.797. The summed E-state index contributed by atoms with van der Waals surface area (Å²) in [5.41, 5.74) is 0. The Morgan fingerprint density at radius 2 is 2.22 bits per heavy atom. The molecule has 100 valence electrons. The lowest BCUT2D eigenvalue weighted by Crippen LogP contribution is -2.37. The molecule has 1 aromatic rings. The van der Waals surface area contributed by atoms with Gasteiger partial charge < -0.3 is 15.2 Å². The molecule has 0 bridgehead atoms. The van der Waals surface area contributed by atoms with Crippen LogP contribution in [0.2, 0.25) is 5.02 Å². The normalized spacial score (nSPS) is 11.9. The van der Waals surface area contributed by atoms with Crippen LogP contribution in [-0.4, -0.2) is 30.3 Å². The lowest BCUT2D eigenvalue weighted by Gasteiger charge is -2.14. The smallest absolute Gasteiger partial charge is 0.223 e. The average molecular weight is 272 g/mol. The molecule has 0 saturated heterocycles. The predicted octanol–water partition coefficient (Wildman–Crippen LogP) is 2.00. The molecule has 4 nitrogen and oxygen atoms in total. The van der Waals surface area contributed by atoms with Crippen molar-refractivity contribution in [3.05, 3.63) is 29.3 Å². The van der Waals surface area contributed by atoms with Gasteiger partial charge in [0.25, 0.3) is 0 Å². The zero-order valence-electron chi connectivity index (χ0n) is 10.4. The second-order valence-corrected chi connectivity index (χ2v) is 4.29. The van der Waals surface area contributed by atoms with Crippen LogP contribution in [-0.2, 0) is 4.79 Å². The molecule has 0 aliphatic carbocycles. The van der Waals surface area contributed by atoms with Crippen molar-refractivity contribution >= 4 is 17.5 Å². The summed E-state index contributed by atoms with van der Waals surface area (Å²) in [4.78, 5) is 11.5. The maximum atomic E-state index is 11.5. The van der Waals surface area contributed by atoms with E-state index in [0.29, 0.717) is 17.2 Å². The van der Waals surface area contributed by atoms with Crippen LogP contribution in [0.25, 0.3) is 0 Å². The van der Waals surface area contributed by atoms with Crippen LogP contribution in [0.3, 0.4) is 0 Å². The number of hydrogen-bond acceptors (Lipinski definition) is 3. The molecule has 1 rings (SSSR count). The van der Waals surface area contributed by atoms with Gasteiger partial charge in [-0.3, -0.25) is 4.79 Å². The highest BCUT2D eigenvalue weighted by atomic mass is 35.5. The van der Waals surface area contributed by atoms with E-state index in [9.17, 15) is 4.79 Å². The number of amides is 1. The van der Waals surface area contributed by atoms with Crippen LogP contribution in [0, 0.1) is 0 Å². The van der Waals surface area contributed by atoms with E-state index in [1.165, 1.54) is 0 Å². The number of aliphatic hydroxyl groups excluding tert-OH is 1. The Bertz CT molecular complexity index is 380. The van der Waals surface area contributed by atoms with Gasteiger partial charge in [-0.1, -0.05) is 30.7 Å². The number of para-hydroxylation sites is 1. The van der Waals surface area contributed by atoms with Crippen LogP contribution in [0.15, 0.2) is 24.3 Å². The lowest BCUT2D eigenvalue weighted by molar-refractivity contribution is -0.122. The molecular formula is C13H18ClNO3. The molecule has 1 amide bonds. The highest BCUT2D eigenvalue weighted by Gasteiger charge is 2.09. The van der Waals surface area contributed by atoms with Crippen molar-refractivity contribution in [1.29, 1.82) is 0 Å². The van der Waals surface area contributed by atoms with Crippen molar-refractivity contribution in [2.45, 2.75) is 25.8 Å². The zero-order chi connectivity index (χ0) is 13.4. The molecule has 2 N–H and O–H groups in total. The zero-order valence-corrected chi connectivity index (χ0v) is 11.1. The second-order valence-electron chi connectivity index (χ2n) is 3.88. The third-order valence-corrected chi connectivity index (χ3v) is 2.81. The Morgan fingerprint density at radius 3 is 2.83 bits per heavy atom. The van der Waals surface area contributed by atoms with Gasteiger partial charge in [-0.15, -0.1) is 0 Å². The minimum Gasteiger partial charge on any atom is -0.491 e. The highest BCUT2D eigenvalue weighted by molar-refractivity contribution is 6.32. The fourth-order valence-electron chi connectivity index (χ4n) is 1.39. The van der Waals surface area contributed by atoms with E-state index in [0.717, 1.165) is 0 Å². The van der Waals surface area contributed by atoms with Crippen LogP contribution in [0.4, 0.5) is 0 Å². The molecule has 1 aromatic carbocycles. The standard InChI is InChI=1S/C13H18ClNO3/c1-2-10(9-16)15-13(17)7-8-18-12-6-4-3-5-11(12)14/h3-6,10,16H,2,7-9H2,1H3,(H,15,17)/t10-/m0/s1. The summed E-state index contributed by atoms with van der Waals surface area (Å²) in [6, 6.07) is 6.94. The van der Waals surface area contributed by atoms with E-state index in [1.54, 1.807) is 12.1 Å². The molecule has 0 radical (unpaired) electrons. The highest BCUT2D eigenvalue weighted by Crippen LogP contribution is 2.22. The maximum Gasteiger partial charge on any atom is 0.223 e. The molecule has 0 aromatic heterocycles. The van der Waals surface area contributed by atoms with Gasteiger partial charge in [0.15, 0.2) is 0 Å². The Morgan fingerprint density at radius 1 is 1.50 bits per heavy atom. The Labute approximate surface area is 112 Å². The summed E-state index contributed by atoms with van der Waals surface area (Å²) in [5.74, 6) is 0.434. The molecule has 1 atom stereocenters. The van der Waals surface area contributed by atoms with Gasteiger partial charge in [0.1, 0.15) is 5.75 Å². The first-order valence-corrected chi connectivity index (χ1v) is 6.32. The molecule has 5 heteroatoms. The van der Waals surface area contributed by atoms with E-state index in [1.807, 2.05) is 19.1 Å². The van der Waals surface area contributed by atoms with E-state index in [4.69, 9.17) is 21.4 Å². The molecule has 0 fully saturated rings. The number of ether oxygens (including phenoxy) is 1. The molecule has 18 heavy (non-hydrogen) atoms. The second kappa shape index (κ2) is 7.95. The van der Waals surface area contributed by atoms with Gasteiger partial charge >= 0.3 is 0 Å².